The zero-order valence-electron chi connectivity index (χ0n) is 14.7. The average molecular weight is 321 g/mol. The van der Waals surface area contributed by atoms with Gasteiger partial charge in [0.25, 0.3) is 5.69 Å². The highest BCUT2D eigenvalue weighted by Crippen LogP contribution is 2.23. The second-order valence-electron chi connectivity index (χ2n) is 6.24. The van der Waals surface area contributed by atoms with Crippen LogP contribution in [-0.4, -0.2) is 11.5 Å². The van der Waals surface area contributed by atoms with Crippen LogP contribution in [0.5, 0.6) is 5.75 Å². The van der Waals surface area contributed by atoms with Crippen LogP contribution in [0.2, 0.25) is 0 Å². The summed E-state index contributed by atoms with van der Waals surface area (Å²) in [5.41, 5.74) is 0.798. The molecule has 0 fully saturated rings. The Kier molecular flexibility index (Phi) is 10.1. The predicted octanol–water partition coefficient (Wildman–Crippen LogP) is 6.20. The van der Waals surface area contributed by atoms with E-state index in [1.165, 1.54) is 63.9 Å². The van der Waals surface area contributed by atoms with Gasteiger partial charge in [-0.05, 0) is 25.5 Å². The molecule has 0 aliphatic heterocycles. The Bertz CT molecular complexity index is 460. The second kappa shape index (κ2) is 11.9. The highest BCUT2D eigenvalue weighted by atomic mass is 16.6. The van der Waals surface area contributed by atoms with Gasteiger partial charge in [0, 0.05) is 11.6 Å². The van der Waals surface area contributed by atoms with Crippen molar-refractivity contribution in [3.63, 3.8) is 0 Å². The van der Waals surface area contributed by atoms with E-state index in [1.54, 1.807) is 19.1 Å². The normalized spacial score (nSPS) is 10.7. The Morgan fingerprint density at radius 3 is 2.04 bits per heavy atom. The first-order valence-electron chi connectivity index (χ1n) is 9.03. The van der Waals surface area contributed by atoms with Gasteiger partial charge in [0.1, 0.15) is 5.75 Å². The number of rotatable bonds is 13. The van der Waals surface area contributed by atoms with Crippen LogP contribution in [0.3, 0.4) is 0 Å². The highest BCUT2D eigenvalue weighted by molar-refractivity contribution is 5.44. The van der Waals surface area contributed by atoms with Gasteiger partial charge in [0.15, 0.2) is 0 Å². The van der Waals surface area contributed by atoms with Crippen LogP contribution in [0.4, 0.5) is 5.69 Å². The fourth-order valence-corrected chi connectivity index (χ4v) is 2.70. The summed E-state index contributed by atoms with van der Waals surface area (Å²) in [5, 5.41) is 10.8. The number of aryl methyl sites for hydroxylation is 1. The maximum Gasteiger partial charge on any atom is 0.272 e. The van der Waals surface area contributed by atoms with Gasteiger partial charge in [-0.2, -0.15) is 0 Å². The molecule has 0 unspecified atom stereocenters. The lowest BCUT2D eigenvalue weighted by Gasteiger charge is -2.07. The Morgan fingerprint density at radius 2 is 1.52 bits per heavy atom. The number of hydrogen-bond donors (Lipinski definition) is 0. The molecule has 0 spiro atoms. The molecule has 0 atom stereocenters. The molecule has 0 saturated heterocycles. The van der Waals surface area contributed by atoms with Crippen molar-refractivity contribution in [2.75, 3.05) is 6.61 Å². The summed E-state index contributed by atoms with van der Waals surface area (Å²) in [4.78, 5) is 10.4. The van der Waals surface area contributed by atoms with Gasteiger partial charge in [-0.1, -0.05) is 64.7 Å². The molecule has 23 heavy (non-hydrogen) atoms. The van der Waals surface area contributed by atoms with Gasteiger partial charge in [-0.3, -0.25) is 10.1 Å². The molecule has 0 N–H and O–H groups in total. The van der Waals surface area contributed by atoms with Crippen molar-refractivity contribution in [1.82, 2.24) is 0 Å². The molecule has 0 aliphatic rings. The van der Waals surface area contributed by atoms with Gasteiger partial charge in [0.2, 0.25) is 0 Å². The van der Waals surface area contributed by atoms with Crippen LogP contribution in [0, 0.1) is 17.0 Å². The van der Waals surface area contributed by atoms with E-state index in [2.05, 4.69) is 6.92 Å². The summed E-state index contributed by atoms with van der Waals surface area (Å²) >= 11 is 0. The smallest absolute Gasteiger partial charge is 0.272 e. The highest BCUT2D eigenvalue weighted by Gasteiger charge is 2.10. The molecule has 1 aromatic carbocycles. The van der Waals surface area contributed by atoms with Gasteiger partial charge in [0.05, 0.1) is 11.5 Å². The van der Waals surface area contributed by atoms with Crippen LogP contribution in [-0.2, 0) is 0 Å². The molecule has 0 aliphatic carbocycles. The molecule has 1 rings (SSSR count). The van der Waals surface area contributed by atoms with E-state index in [-0.39, 0.29) is 10.6 Å². The summed E-state index contributed by atoms with van der Waals surface area (Å²) in [6.07, 6.45) is 13.0. The zero-order chi connectivity index (χ0) is 16.9. The minimum atomic E-state index is -0.360. The maximum absolute atomic E-state index is 10.8. The van der Waals surface area contributed by atoms with E-state index >= 15 is 0 Å². The van der Waals surface area contributed by atoms with Crippen molar-refractivity contribution in [3.05, 3.63) is 33.9 Å². The maximum atomic E-state index is 10.8. The Morgan fingerprint density at radius 1 is 0.957 bits per heavy atom. The standard InChI is InChI=1S/C19H31NO3/c1-3-4-5-6-7-8-9-10-11-12-15-23-18-13-14-19(20(21)22)17(2)16-18/h13-14,16H,3-12,15H2,1-2H3. The van der Waals surface area contributed by atoms with Crippen molar-refractivity contribution in [2.24, 2.45) is 0 Å². The molecule has 0 amide bonds. The first kappa shape index (κ1) is 19.5. The van der Waals surface area contributed by atoms with Crippen molar-refractivity contribution in [2.45, 2.75) is 78.1 Å². The number of ether oxygens (including phenoxy) is 1. The number of unbranched alkanes of at least 4 members (excludes halogenated alkanes) is 9. The molecule has 4 heteroatoms. The number of benzene rings is 1. The van der Waals surface area contributed by atoms with Crippen LogP contribution < -0.4 is 4.74 Å². The molecule has 0 radical (unpaired) electrons. The molecule has 0 aromatic heterocycles. The first-order chi connectivity index (χ1) is 11.1. The lowest BCUT2D eigenvalue weighted by Crippen LogP contribution is -1.98. The summed E-state index contributed by atoms with van der Waals surface area (Å²) in [6, 6.07) is 4.94. The number of nitrogens with zero attached hydrogens (tertiary/aromatic N) is 1. The van der Waals surface area contributed by atoms with Crippen LogP contribution >= 0.6 is 0 Å². The Hall–Kier alpha value is -1.58. The lowest BCUT2D eigenvalue weighted by atomic mass is 10.1. The SMILES string of the molecule is CCCCCCCCCCCCOc1ccc([N+](=O)[O-])c(C)c1. The van der Waals surface area contributed by atoms with Gasteiger partial charge >= 0.3 is 0 Å². The van der Waals surface area contributed by atoms with Gasteiger partial charge < -0.3 is 4.74 Å². The number of nitro groups is 1. The molecule has 130 valence electrons. The van der Waals surface area contributed by atoms with Gasteiger partial charge in [-0.15, -0.1) is 0 Å². The largest absolute Gasteiger partial charge is 0.494 e. The van der Waals surface area contributed by atoms with Crippen molar-refractivity contribution >= 4 is 5.69 Å². The summed E-state index contributed by atoms with van der Waals surface area (Å²) in [7, 11) is 0. The van der Waals surface area contributed by atoms with Crippen molar-refractivity contribution in [1.29, 1.82) is 0 Å². The fourth-order valence-electron chi connectivity index (χ4n) is 2.70. The summed E-state index contributed by atoms with van der Waals surface area (Å²) < 4.78 is 5.67. The van der Waals surface area contributed by atoms with E-state index < -0.39 is 0 Å². The molecule has 0 bridgehead atoms. The van der Waals surface area contributed by atoms with E-state index in [4.69, 9.17) is 4.74 Å². The third-order valence-corrected chi connectivity index (χ3v) is 4.13. The van der Waals surface area contributed by atoms with Crippen LogP contribution in [0.25, 0.3) is 0 Å². The topological polar surface area (TPSA) is 52.4 Å². The monoisotopic (exact) mass is 321 g/mol. The minimum absolute atomic E-state index is 0.149. The van der Waals surface area contributed by atoms with Crippen molar-refractivity contribution in [3.8, 4) is 5.75 Å². The third-order valence-electron chi connectivity index (χ3n) is 4.13. The van der Waals surface area contributed by atoms with Crippen LogP contribution in [0.1, 0.15) is 76.7 Å². The molecular formula is C19H31NO3. The quantitative estimate of drug-likeness (QED) is 0.247. The van der Waals surface area contributed by atoms with Crippen molar-refractivity contribution < 1.29 is 9.66 Å². The third kappa shape index (κ3) is 8.58. The Balaban J connectivity index is 2.03. The van der Waals surface area contributed by atoms with E-state index in [0.29, 0.717) is 12.2 Å². The molecule has 4 nitrogen and oxygen atoms in total. The summed E-state index contributed by atoms with van der Waals surface area (Å²) in [6.45, 7) is 4.68. The zero-order valence-corrected chi connectivity index (χ0v) is 14.7. The fraction of sp³-hybridized carbons (Fsp3) is 0.684. The second-order valence-corrected chi connectivity index (χ2v) is 6.24. The molecular weight excluding hydrogens is 290 g/mol. The first-order valence-corrected chi connectivity index (χ1v) is 9.03. The van der Waals surface area contributed by atoms with Crippen LogP contribution in [0.15, 0.2) is 18.2 Å². The molecule has 0 heterocycles. The minimum Gasteiger partial charge on any atom is -0.494 e. The van der Waals surface area contributed by atoms with Gasteiger partial charge in [-0.25, -0.2) is 0 Å². The Labute approximate surface area is 140 Å². The van der Waals surface area contributed by atoms with E-state index in [0.717, 1.165) is 12.2 Å². The average Bonchev–Trinajstić information content (AvgIpc) is 2.52. The number of hydrogen-bond acceptors (Lipinski definition) is 3. The summed E-state index contributed by atoms with van der Waals surface area (Å²) in [5.74, 6) is 0.726. The lowest BCUT2D eigenvalue weighted by molar-refractivity contribution is -0.385. The predicted molar refractivity (Wildman–Crippen MR) is 95.2 cm³/mol. The number of nitro benzene ring substituents is 1. The molecule has 0 saturated carbocycles. The van der Waals surface area contributed by atoms with E-state index in [9.17, 15) is 10.1 Å². The van der Waals surface area contributed by atoms with E-state index in [1.807, 2.05) is 0 Å². The molecule has 1 aromatic rings.